The predicted octanol–water partition coefficient (Wildman–Crippen LogP) is -0.972. The highest BCUT2D eigenvalue weighted by molar-refractivity contribution is 5.98. The molecule has 2 unspecified atom stereocenters. The van der Waals surface area contributed by atoms with Crippen molar-refractivity contribution in [2.24, 2.45) is 17.6 Å². The van der Waals surface area contributed by atoms with Crippen molar-refractivity contribution in [2.75, 3.05) is 5.32 Å². The maximum Gasteiger partial charge on any atom is 0.307 e. The van der Waals surface area contributed by atoms with E-state index in [0.717, 1.165) is 0 Å². The first-order chi connectivity index (χ1) is 8.47. The maximum atomic E-state index is 11.6. The van der Waals surface area contributed by atoms with Crippen molar-refractivity contribution in [3.63, 3.8) is 0 Å². The SMILES string of the molecule is NC(=O)Cn1cc(NC(=O)C2CC2C(=O)O)cn1. The van der Waals surface area contributed by atoms with Crippen LogP contribution in [0.2, 0.25) is 0 Å². The number of nitrogens with zero attached hydrogens (tertiary/aromatic N) is 2. The molecule has 0 aromatic carbocycles. The van der Waals surface area contributed by atoms with Gasteiger partial charge in [-0.1, -0.05) is 0 Å². The van der Waals surface area contributed by atoms with Crippen LogP contribution in [-0.2, 0) is 20.9 Å². The van der Waals surface area contributed by atoms with Crippen LogP contribution in [0, 0.1) is 11.8 Å². The van der Waals surface area contributed by atoms with Crippen LogP contribution >= 0.6 is 0 Å². The minimum absolute atomic E-state index is 0.0724. The summed E-state index contributed by atoms with van der Waals surface area (Å²) in [6.45, 7) is -0.0724. The number of carbonyl (C=O) groups is 3. The summed E-state index contributed by atoms with van der Waals surface area (Å²) in [7, 11) is 0. The van der Waals surface area contributed by atoms with Gasteiger partial charge < -0.3 is 16.2 Å². The summed E-state index contributed by atoms with van der Waals surface area (Å²) in [4.78, 5) is 32.9. The van der Waals surface area contributed by atoms with Gasteiger partial charge in [0.1, 0.15) is 6.54 Å². The normalized spacial score (nSPS) is 21.3. The molecule has 1 saturated carbocycles. The summed E-state index contributed by atoms with van der Waals surface area (Å²) in [6.07, 6.45) is 3.19. The fourth-order valence-electron chi connectivity index (χ4n) is 1.67. The molecule has 1 heterocycles. The largest absolute Gasteiger partial charge is 0.481 e. The van der Waals surface area contributed by atoms with Crippen LogP contribution in [0.3, 0.4) is 0 Å². The summed E-state index contributed by atoms with van der Waals surface area (Å²) < 4.78 is 1.29. The minimum Gasteiger partial charge on any atom is -0.481 e. The van der Waals surface area contributed by atoms with Crippen LogP contribution in [0.5, 0.6) is 0 Å². The smallest absolute Gasteiger partial charge is 0.307 e. The summed E-state index contributed by atoms with van der Waals surface area (Å²) in [5, 5.41) is 15.1. The third-order valence-electron chi connectivity index (χ3n) is 2.66. The van der Waals surface area contributed by atoms with Crippen molar-refractivity contribution in [3.05, 3.63) is 12.4 Å². The molecule has 1 aliphatic carbocycles. The molecule has 0 radical (unpaired) electrons. The number of rotatable bonds is 5. The lowest BCUT2D eigenvalue weighted by Crippen LogP contribution is -2.19. The highest BCUT2D eigenvalue weighted by Gasteiger charge is 2.48. The molecule has 4 N–H and O–H groups in total. The molecule has 1 aromatic rings. The maximum absolute atomic E-state index is 11.6. The van der Waals surface area contributed by atoms with Gasteiger partial charge in [-0.15, -0.1) is 0 Å². The third kappa shape index (κ3) is 2.65. The number of aliphatic carboxylic acids is 1. The van der Waals surface area contributed by atoms with E-state index in [2.05, 4.69) is 10.4 Å². The lowest BCUT2D eigenvalue weighted by molar-refractivity contribution is -0.139. The average molecular weight is 252 g/mol. The molecule has 8 nitrogen and oxygen atoms in total. The number of hydrogen-bond donors (Lipinski definition) is 3. The number of amides is 2. The number of aromatic nitrogens is 2. The van der Waals surface area contributed by atoms with Gasteiger partial charge in [-0.05, 0) is 6.42 Å². The summed E-state index contributed by atoms with van der Waals surface area (Å²) >= 11 is 0. The second kappa shape index (κ2) is 4.47. The number of carbonyl (C=O) groups excluding carboxylic acids is 2. The molecular formula is C10H12N4O4. The van der Waals surface area contributed by atoms with E-state index >= 15 is 0 Å². The molecule has 8 heteroatoms. The Labute approximate surface area is 102 Å². The molecule has 96 valence electrons. The molecule has 0 spiro atoms. The zero-order chi connectivity index (χ0) is 13.3. The Balaban J connectivity index is 1.90. The standard InChI is InChI=1S/C10H12N4O4/c11-8(15)4-14-3-5(2-12-14)13-9(16)6-1-7(6)10(17)18/h2-3,6-7H,1,4H2,(H2,11,15)(H,13,16)(H,17,18). The van der Waals surface area contributed by atoms with Crippen molar-refractivity contribution in [1.29, 1.82) is 0 Å². The van der Waals surface area contributed by atoms with Gasteiger partial charge in [0, 0.05) is 6.20 Å². The zero-order valence-corrected chi connectivity index (χ0v) is 9.37. The number of primary amides is 1. The van der Waals surface area contributed by atoms with Crippen LogP contribution in [0.4, 0.5) is 5.69 Å². The van der Waals surface area contributed by atoms with Gasteiger partial charge in [0.15, 0.2) is 0 Å². The molecule has 0 bridgehead atoms. The summed E-state index contributed by atoms with van der Waals surface area (Å²) in [6, 6.07) is 0. The number of nitrogens with one attached hydrogen (secondary N) is 1. The van der Waals surface area contributed by atoms with E-state index < -0.39 is 23.7 Å². The molecule has 1 aromatic heterocycles. The van der Waals surface area contributed by atoms with Gasteiger partial charge in [0.05, 0.1) is 23.7 Å². The fourth-order valence-corrected chi connectivity index (χ4v) is 1.67. The van der Waals surface area contributed by atoms with Gasteiger partial charge in [-0.3, -0.25) is 19.1 Å². The summed E-state index contributed by atoms with van der Waals surface area (Å²) in [5.41, 5.74) is 5.41. The monoisotopic (exact) mass is 252 g/mol. The van der Waals surface area contributed by atoms with Crippen molar-refractivity contribution in [3.8, 4) is 0 Å². The number of anilines is 1. The van der Waals surface area contributed by atoms with Crippen molar-refractivity contribution in [2.45, 2.75) is 13.0 Å². The molecule has 18 heavy (non-hydrogen) atoms. The number of carboxylic acids is 1. The van der Waals surface area contributed by atoms with Crippen LogP contribution in [0.25, 0.3) is 0 Å². The van der Waals surface area contributed by atoms with E-state index in [0.29, 0.717) is 12.1 Å². The van der Waals surface area contributed by atoms with Crippen molar-refractivity contribution in [1.82, 2.24) is 9.78 Å². The van der Waals surface area contributed by atoms with Crippen LogP contribution in [0.15, 0.2) is 12.4 Å². The van der Waals surface area contributed by atoms with E-state index in [-0.39, 0.29) is 12.5 Å². The molecule has 2 atom stereocenters. The molecule has 2 amide bonds. The number of carboxylic acid groups (broad SMARTS) is 1. The molecule has 1 fully saturated rings. The van der Waals surface area contributed by atoms with Gasteiger partial charge in [0.25, 0.3) is 0 Å². The highest BCUT2D eigenvalue weighted by Crippen LogP contribution is 2.39. The Morgan fingerprint density at radius 2 is 2.22 bits per heavy atom. The second-order valence-corrected chi connectivity index (χ2v) is 4.17. The van der Waals surface area contributed by atoms with Crippen molar-refractivity contribution < 1.29 is 19.5 Å². The molecular weight excluding hydrogens is 240 g/mol. The van der Waals surface area contributed by atoms with Gasteiger partial charge in [-0.25, -0.2) is 0 Å². The van der Waals surface area contributed by atoms with Crippen LogP contribution in [0.1, 0.15) is 6.42 Å². The lowest BCUT2D eigenvalue weighted by atomic mass is 10.3. The number of hydrogen-bond acceptors (Lipinski definition) is 4. The topological polar surface area (TPSA) is 127 Å². The first-order valence-electron chi connectivity index (χ1n) is 5.32. The Kier molecular flexibility index (Phi) is 3.00. The van der Waals surface area contributed by atoms with Gasteiger partial charge in [-0.2, -0.15) is 5.10 Å². The second-order valence-electron chi connectivity index (χ2n) is 4.17. The lowest BCUT2D eigenvalue weighted by Gasteiger charge is -2.00. The minimum atomic E-state index is -0.959. The zero-order valence-electron chi connectivity index (χ0n) is 9.37. The van der Waals surface area contributed by atoms with Crippen LogP contribution < -0.4 is 11.1 Å². The van der Waals surface area contributed by atoms with Crippen molar-refractivity contribution >= 4 is 23.5 Å². The van der Waals surface area contributed by atoms with E-state index in [1.165, 1.54) is 17.1 Å². The first-order valence-corrected chi connectivity index (χ1v) is 5.32. The third-order valence-corrected chi connectivity index (χ3v) is 2.66. The van der Waals surface area contributed by atoms with E-state index in [4.69, 9.17) is 10.8 Å². The molecule has 0 aliphatic heterocycles. The average Bonchev–Trinajstić information content (AvgIpc) is 2.96. The van der Waals surface area contributed by atoms with E-state index in [9.17, 15) is 14.4 Å². The first kappa shape index (κ1) is 12.1. The predicted molar refractivity (Wildman–Crippen MR) is 59.3 cm³/mol. The molecule has 0 saturated heterocycles. The Morgan fingerprint density at radius 1 is 1.50 bits per heavy atom. The quantitative estimate of drug-likeness (QED) is 0.621. The Hall–Kier alpha value is -2.38. The Bertz CT molecular complexity index is 510. The summed E-state index contributed by atoms with van der Waals surface area (Å²) in [5.74, 6) is -2.92. The number of nitrogens with two attached hydrogens (primary N) is 1. The van der Waals surface area contributed by atoms with Gasteiger partial charge >= 0.3 is 5.97 Å². The fraction of sp³-hybridized carbons (Fsp3) is 0.400. The van der Waals surface area contributed by atoms with E-state index in [1.54, 1.807) is 0 Å². The Morgan fingerprint density at radius 3 is 2.78 bits per heavy atom. The van der Waals surface area contributed by atoms with Crippen LogP contribution in [-0.4, -0.2) is 32.7 Å². The highest BCUT2D eigenvalue weighted by atomic mass is 16.4. The van der Waals surface area contributed by atoms with E-state index in [1.807, 2.05) is 0 Å². The molecule has 2 rings (SSSR count). The molecule has 1 aliphatic rings. The van der Waals surface area contributed by atoms with Gasteiger partial charge in [0.2, 0.25) is 11.8 Å².